The molecule has 1 N–H and O–H groups in total. The van der Waals surface area contributed by atoms with Crippen LogP contribution in [0.3, 0.4) is 0 Å². The molecule has 2 saturated carbocycles. The molecule has 21 heavy (non-hydrogen) atoms. The van der Waals surface area contributed by atoms with Crippen LogP contribution in [0.5, 0.6) is 0 Å². The van der Waals surface area contributed by atoms with Crippen LogP contribution in [0.2, 0.25) is 0 Å². The van der Waals surface area contributed by atoms with Gasteiger partial charge in [-0.15, -0.1) is 0 Å². The van der Waals surface area contributed by atoms with E-state index >= 15 is 0 Å². The molecule has 0 unspecified atom stereocenters. The van der Waals surface area contributed by atoms with Crippen molar-refractivity contribution in [1.82, 2.24) is 4.98 Å². The quantitative estimate of drug-likeness (QED) is 0.928. The van der Waals surface area contributed by atoms with Gasteiger partial charge in [-0.05, 0) is 55.2 Å². The summed E-state index contributed by atoms with van der Waals surface area (Å²) in [6.45, 7) is 0. The Kier molecular flexibility index (Phi) is 3.07. The van der Waals surface area contributed by atoms with Gasteiger partial charge in [-0.1, -0.05) is 36.4 Å². The summed E-state index contributed by atoms with van der Waals surface area (Å²) in [6, 6.07) is 16.4. The van der Waals surface area contributed by atoms with E-state index < -0.39 is 5.60 Å². The highest BCUT2D eigenvalue weighted by atomic mass is 16.3. The van der Waals surface area contributed by atoms with Gasteiger partial charge in [0.05, 0.1) is 17.2 Å². The van der Waals surface area contributed by atoms with Crippen LogP contribution in [-0.4, -0.2) is 15.7 Å². The summed E-state index contributed by atoms with van der Waals surface area (Å²) in [6.07, 6.45) is 6.40. The van der Waals surface area contributed by atoms with E-state index in [-0.39, 0.29) is 5.92 Å². The van der Waals surface area contributed by atoms with Gasteiger partial charge in [-0.3, -0.25) is 4.98 Å². The lowest BCUT2D eigenvalue weighted by Crippen LogP contribution is -2.42. The average Bonchev–Trinajstić information content (AvgIpc) is 3.10. The summed E-state index contributed by atoms with van der Waals surface area (Å²) in [7, 11) is 0. The highest BCUT2D eigenvalue weighted by molar-refractivity contribution is 5.34. The Morgan fingerprint density at radius 2 is 1.86 bits per heavy atom. The second-order valence-corrected chi connectivity index (χ2v) is 6.67. The van der Waals surface area contributed by atoms with Crippen molar-refractivity contribution in [2.75, 3.05) is 0 Å². The van der Waals surface area contributed by atoms with Gasteiger partial charge in [-0.25, -0.2) is 0 Å². The van der Waals surface area contributed by atoms with Crippen LogP contribution in [0.1, 0.15) is 42.9 Å². The van der Waals surface area contributed by atoms with Crippen molar-refractivity contribution in [3.05, 3.63) is 66.0 Å². The lowest BCUT2D eigenvalue weighted by atomic mass is 9.70. The first-order valence-corrected chi connectivity index (χ1v) is 7.95. The van der Waals surface area contributed by atoms with Crippen molar-refractivity contribution < 1.29 is 5.11 Å². The molecule has 2 bridgehead atoms. The van der Waals surface area contributed by atoms with Crippen LogP contribution in [0, 0.1) is 11.8 Å². The highest BCUT2D eigenvalue weighted by Crippen LogP contribution is 2.57. The summed E-state index contributed by atoms with van der Waals surface area (Å²) < 4.78 is 0. The number of pyridine rings is 1. The summed E-state index contributed by atoms with van der Waals surface area (Å²) in [5, 5.41) is 11.5. The molecular formula is C19H21NO. The van der Waals surface area contributed by atoms with E-state index in [1.54, 1.807) is 0 Å². The number of aliphatic hydroxyl groups is 1. The SMILES string of the molecule is O[C@@]1([C@@H](c2ccccc2)c2ccccn2)C[C@H]2CC[C@H]1C2. The van der Waals surface area contributed by atoms with Crippen molar-refractivity contribution in [1.29, 1.82) is 0 Å². The van der Waals surface area contributed by atoms with Gasteiger partial charge >= 0.3 is 0 Å². The maximum Gasteiger partial charge on any atom is 0.0802 e. The summed E-state index contributed by atoms with van der Waals surface area (Å²) >= 11 is 0. The number of fused-ring (bicyclic) bond motifs is 2. The molecule has 4 atom stereocenters. The predicted molar refractivity (Wildman–Crippen MR) is 82.9 cm³/mol. The second kappa shape index (κ2) is 4.96. The van der Waals surface area contributed by atoms with Crippen molar-refractivity contribution in [2.24, 2.45) is 11.8 Å². The lowest BCUT2D eigenvalue weighted by Gasteiger charge is -2.39. The Bertz CT molecular complexity index is 572. The van der Waals surface area contributed by atoms with E-state index in [0.29, 0.717) is 11.8 Å². The maximum absolute atomic E-state index is 11.5. The Morgan fingerprint density at radius 1 is 1.05 bits per heavy atom. The molecule has 1 aromatic heterocycles. The van der Waals surface area contributed by atoms with Gasteiger partial charge in [0, 0.05) is 6.20 Å². The molecule has 2 aliphatic rings. The standard InChI is InChI=1S/C19H21NO/c21-19(13-14-9-10-16(19)12-14)18(15-6-2-1-3-7-15)17-8-4-5-11-20-17/h1-8,11,14,16,18,21H,9-10,12-13H2/t14-,16-,18-,19-/m0/s1. The maximum atomic E-state index is 11.5. The third-order valence-electron chi connectivity index (χ3n) is 5.48. The number of nitrogens with zero attached hydrogens (tertiary/aromatic N) is 1. The summed E-state index contributed by atoms with van der Waals surface area (Å²) in [4.78, 5) is 4.57. The first kappa shape index (κ1) is 13.0. The molecule has 0 aliphatic heterocycles. The molecule has 2 fully saturated rings. The van der Waals surface area contributed by atoms with E-state index in [9.17, 15) is 5.11 Å². The minimum Gasteiger partial charge on any atom is -0.389 e. The van der Waals surface area contributed by atoms with Gasteiger partial charge in [0.2, 0.25) is 0 Å². The monoisotopic (exact) mass is 279 g/mol. The van der Waals surface area contributed by atoms with Crippen LogP contribution < -0.4 is 0 Å². The second-order valence-electron chi connectivity index (χ2n) is 6.67. The van der Waals surface area contributed by atoms with Crippen LogP contribution in [0.15, 0.2) is 54.7 Å². The topological polar surface area (TPSA) is 33.1 Å². The Hall–Kier alpha value is -1.67. The molecule has 2 heteroatoms. The zero-order valence-electron chi connectivity index (χ0n) is 12.2. The van der Waals surface area contributed by atoms with E-state index in [1.807, 2.05) is 24.4 Å². The van der Waals surface area contributed by atoms with Gasteiger partial charge in [-0.2, -0.15) is 0 Å². The Morgan fingerprint density at radius 3 is 2.48 bits per heavy atom. The van der Waals surface area contributed by atoms with Crippen LogP contribution in [-0.2, 0) is 0 Å². The first-order chi connectivity index (χ1) is 10.3. The van der Waals surface area contributed by atoms with E-state index in [1.165, 1.54) is 18.4 Å². The predicted octanol–water partition coefficient (Wildman–Crippen LogP) is 3.76. The number of rotatable bonds is 3. The molecule has 2 aliphatic carbocycles. The fourth-order valence-electron chi connectivity index (χ4n) is 4.60. The Labute approximate surface area is 125 Å². The zero-order chi connectivity index (χ0) is 14.3. The van der Waals surface area contributed by atoms with E-state index in [0.717, 1.165) is 18.5 Å². The van der Waals surface area contributed by atoms with Gasteiger partial charge < -0.3 is 5.11 Å². The third kappa shape index (κ3) is 2.09. The summed E-state index contributed by atoms with van der Waals surface area (Å²) in [5.74, 6) is 1.12. The molecule has 0 radical (unpaired) electrons. The normalized spacial score (nSPS) is 32.2. The molecular weight excluding hydrogens is 258 g/mol. The van der Waals surface area contributed by atoms with Crippen LogP contribution >= 0.6 is 0 Å². The third-order valence-corrected chi connectivity index (χ3v) is 5.48. The van der Waals surface area contributed by atoms with Crippen LogP contribution in [0.25, 0.3) is 0 Å². The number of aromatic nitrogens is 1. The largest absolute Gasteiger partial charge is 0.389 e. The number of benzene rings is 1. The van der Waals surface area contributed by atoms with Crippen molar-refractivity contribution in [3.63, 3.8) is 0 Å². The molecule has 1 aromatic carbocycles. The molecule has 0 amide bonds. The van der Waals surface area contributed by atoms with Crippen molar-refractivity contribution in [3.8, 4) is 0 Å². The zero-order valence-corrected chi connectivity index (χ0v) is 12.2. The van der Waals surface area contributed by atoms with E-state index in [2.05, 4.69) is 35.3 Å². The molecule has 2 aromatic rings. The highest BCUT2D eigenvalue weighted by Gasteiger charge is 2.55. The van der Waals surface area contributed by atoms with Crippen LogP contribution in [0.4, 0.5) is 0 Å². The van der Waals surface area contributed by atoms with Crippen molar-refractivity contribution >= 4 is 0 Å². The van der Waals surface area contributed by atoms with Gasteiger partial charge in [0.15, 0.2) is 0 Å². The molecule has 2 nitrogen and oxygen atoms in total. The molecule has 4 rings (SSSR count). The van der Waals surface area contributed by atoms with E-state index in [4.69, 9.17) is 0 Å². The lowest BCUT2D eigenvalue weighted by molar-refractivity contribution is -0.0286. The minimum atomic E-state index is -0.626. The van der Waals surface area contributed by atoms with Gasteiger partial charge in [0.1, 0.15) is 0 Å². The molecule has 0 spiro atoms. The number of hydrogen-bond donors (Lipinski definition) is 1. The van der Waals surface area contributed by atoms with Gasteiger partial charge in [0.25, 0.3) is 0 Å². The fourth-order valence-corrected chi connectivity index (χ4v) is 4.60. The smallest absolute Gasteiger partial charge is 0.0802 e. The molecule has 108 valence electrons. The Balaban J connectivity index is 1.81. The molecule has 0 saturated heterocycles. The van der Waals surface area contributed by atoms with Crippen molar-refractivity contribution in [2.45, 2.75) is 37.2 Å². The summed E-state index contributed by atoms with van der Waals surface area (Å²) in [5.41, 5.74) is 1.56. The number of hydrogen-bond acceptors (Lipinski definition) is 2. The molecule has 1 heterocycles. The average molecular weight is 279 g/mol. The fraction of sp³-hybridized carbons (Fsp3) is 0.421. The first-order valence-electron chi connectivity index (χ1n) is 7.95. The minimum absolute atomic E-state index is 0.00444.